The number of hydrogen-bond donors (Lipinski definition) is 1. The van der Waals surface area contributed by atoms with Gasteiger partial charge in [-0.25, -0.2) is 8.78 Å². The van der Waals surface area contributed by atoms with E-state index in [1.165, 1.54) is 6.07 Å². The molecule has 1 unspecified atom stereocenters. The molecular formula is C24H27F5N2O. The molecule has 1 aliphatic carbocycles. The molecule has 0 radical (unpaired) electrons. The number of alkyl halides is 3. The lowest BCUT2D eigenvalue weighted by Crippen LogP contribution is -2.34. The van der Waals surface area contributed by atoms with Gasteiger partial charge in [0, 0.05) is 18.2 Å². The first kappa shape index (κ1) is 24.2. The van der Waals surface area contributed by atoms with E-state index < -0.39 is 23.5 Å². The average Bonchev–Trinajstić information content (AvgIpc) is 2.72. The van der Waals surface area contributed by atoms with Crippen molar-refractivity contribution in [2.24, 2.45) is 11.8 Å². The Hall–Kier alpha value is -2.48. The molecule has 1 fully saturated rings. The fourth-order valence-electron chi connectivity index (χ4n) is 4.61. The first-order chi connectivity index (χ1) is 15.1. The minimum atomic E-state index is -4.86. The first-order valence-electron chi connectivity index (χ1n) is 10.6. The van der Waals surface area contributed by atoms with E-state index in [9.17, 15) is 26.7 Å². The molecule has 2 aromatic carbocycles. The molecule has 1 saturated carbocycles. The van der Waals surface area contributed by atoms with E-state index in [1.807, 2.05) is 20.2 Å². The van der Waals surface area contributed by atoms with Gasteiger partial charge in [-0.05, 0) is 87.5 Å². The predicted octanol–water partition coefficient (Wildman–Crippen LogP) is 5.82. The van der Waals surface area contributed by atoms with Gasteiger partial charge < -0.3 is 10.2 Å². The third-order valence-corrected chi connectivity index (χ3v) is 6.17. The number of nitrogens with zero attached hydrogens (tertiary/aromatic N) is 1. The van der Waals surface area contributed by atoms with Crippen molar-refractivity contribution in [3.8, 4) is 0 Å². The number of carbonyl (C=O) groups is 1. The van der Waals surface area contributed by atoms with E-state index >= 15 is 0 Å². The van der Waals surface area contributed by atoms with Crippen LogP contribution in [0, 0.1) is 23.5 Å². The number of carbonyl (C=O) groups excluding carboxylic acids is 1. The summed E-state index contributed by atoms with van der Waals surface area (Å²) in [7, 11) is 3.94. The van der Waals surface area contributed by atoms with Crippen molar-refractivity contribution in [3.63, 3.8) is 0 Å². The van der Waals surface area contributed by atoms with Crippen LogP contribution in [0.5, 0.6) is 0 Å². The number of benzene rings is 2. The van der Waals surface area contributed by atoms with E-state index in [0.29, 0.717) is 24.6 Å². The highest BCUT2D eigenvalue weighted by Crippen LogP contribution is 2.39. The Morgan fingerprint density at radius 1 is 1.06 bits per heavy atom. The van der Waals surface area contributed by atoms with Crippen LogP contribution >= 0.6 is 0 Å². The molecule has 0 bridgehead atoms. The van der Waals surface area contributed by atoms with Crippen LogP contribution < -0.4 is 5.32 Å². The molecule has 32 heavy (non-hydrogen) atoms. The number of nitrogens with one attached hydrogen (secondary N) is 1. The van der Waals surface area contributed by atoms with Crippen LogP contribution in [0.25, 0.3) is 0 Å². The minimum absolute atomic E-state index is 0.0845. The summed E-state index contributed by atoms with van der Waals surface area (Å²) in [4.78, 5) is 14.4. The van der Waals surface area contributed by atoms with Gasteiger partial charge in [-0.15, -0.1) is 0 Å². The third-order valence-electron chi connectivity index (χ3n) is 6.17. The van der Waals surface area contributed by atoms with Gasteiger partial charge in [0.25, 0.3) is 5.91 Å². The summed E-state index contributed by atoms with van der Waals surface area (Å²) in [6.45, 7) is 0.344. The van der Waals surface area contributed by atoms with Crippen LogP contribution in [0.4, 0.5) is 22.0 Å². The second-order valence-electron chi connectivity index (χ2n) is 8.65. The average molecular weight is 454 g/mol. The lowest BCUT2D eigenvalue weighted by Gasteiger charge is -2.37. The van der Waals surface area contributed by atoms with Crippen molar-refractivity contribution in [3.05, 3.63) is 70.8 Å². The van der Waals surface area contributed by atoms with Crippen molar-refractivity contribution in [2.75, 3.05) is 20.6 Å². The molecule has 1 atom stereocenters. The standard InChI is InChI=1S/C24H27F5N2O/c1-31(2)22(17-4-3-5-19(25)12-17)16-8-6-15(7-9-16)14-30-23(32)18-10-11-21(26)20(13-18)24(27,28)29/h3-5,10-13,15-16,22H,6-9,14H2,1-2H3,(H,30,32). The quantitative estimate of drug-likeness (QED) is 0.558. The van der Waals surface area contributed by atoms with Crippen LogP contribution in [0.1, 0.15) is 53.2 Å². The fraction of sp³-hybridized carbons (Fsp3) is 0.458. The Kier molecular flexibility index (Phi) is 7.54. The van der Waals surface area contributed by atoms with Gasteiger partial charge in [0.2, 0.25) is 0 Å². The zero-order valence-corrected chi connectivity index (χ0v) is 18.1. The van der Waals surface area contributed by atoms with Crippen LogP contribution in [0.2, 0.25) is 0 Å². The highest BCUT2D eigenvalue weighted by Gasteiger charge is 2.35. The molecule has 1 N–H and O–H groups in total. The van der Waals surface area contributed by atoms with Gasteiger partial charge in [0.05, 0.1) is 5.56 Å². The topological polar surface area (TPSA) is 32.3 Å². The maximum atomic E-state index is 13.7. The zero-order valence-electron chi connectivity index (χ0n) is 18.1. The monoisotopic (exact) mass is 454 g/mol. The highest BCUT2D eigenvalue weighted by atomic mass is 19.4. The fourth-order valence-corrected chi connectivity index (χ4v) is 4.61. The molecule has 174 valence electrons. The molecule has 0 saturated heterocycles. The number of halogens is 5. The summed E-state index contributed by atoms with van der Waals surface area (Å²) in [6.07, 6.45) is -1.36. The Bertz CT molecular complexity index is 936. The van der Waals surface area contributed by atoms with Gasteiger partial charge in [-0.2, -0.15) is 13.2 Å². The highest BCUT2D eigenvalue weighted by molar-refractivity contribution is 5.94. The van der Waals surface area contributed by atoms with Crippen molar-refractivity contribution < 1.29 is 26.7 Å². The van der Waals surface area contributed by atoms with Crippen molar-refractivity contribution in [1.82, 2.24) is 10.2 Å². The molecule has 0 heterocycles. The normalized spacial score (nSPS) is 20.2. The summed E-state index contributed by atoms with van der Waals surface area (Å²) in [5.74, 6) is -1.77. The molecule has 0 aliphatic heterocycles. The van der Waals surface area contributed by atoms with Gasteiger partial charge >= 0.3 is 6.18 Å². The summed E-state index contributed by atoms with van der Waals surface area (Å²) >= 11 is 0. The van der Waals surface area contributed by atoms with Gasteiger partial charge in [-0.1, -0.05) is 12.1 Å². The van der Waals surface area contributed by atoms with Crippen molar-refractivity contribution >= 4 is 5.91 Å². The predicted molar refractivity (Wildman–Crippen MR) is 112 cm³/mol. The molecule has 3 nitrogen and oxygen atoms in total. The largest absolute Gasteiger partial charge is 0.419 e. The molecule has 8 heteroatoms. The Morgan fingerprint density at radius 3 is 2.34 bits per heavy atom. The Morgan fingerprint density at radius 2 is 1.75 bits per heavy atom. The van der Waals surface area contributed by atoms with E-state index in [-0.39, 0.29) is 23.3 Å². The van der Waals surface area contributed by atoms with Crippen molar-refractivity contribution in [1.29, 1.82) is 0 Å². The Balaban J connectivity index is 1.57. The molecule has 2 aromatic rings. The van der Waals surface area contributed by atoms with Gasteiger partial charge in [-0.3, -0.25) is 4.79 Å². The molecule has 0 aromatic heterocycles. The molecule has 1 aliphatic rings. The summed E-state index contributed by atoms with van der Waals surface area (Å²) < 4.78 is 65.8. The number of amides is 1. The number of rotatable bonds is 6. The number of hydrogen-bond acceptors (Lipinski definition) is 2. The second-order valence-corrected chi connectivity index (χ2v) is 8.65. The van der Waals surface area contributed by atoms with Crippen LogP contribution in [-0.2, 0) is 6.18 Å². The van der Waals surface area contributed by atoms with E-state index in [1.54, 1.807) is 12.1 Å². The van der Waals surface area contributed by atoms with Crippen LogP contribution in [0.3, 0.4) is 0 Å². The van der Waals surface area contributed by atoms with Crippen LogP contribution in [0.15, 0.2) is 42.5 Å². The summed E-state index contributed by atoms with van der Waals surface area (Å²) in [5, 5.41) is 2.68. The van der Waals surface area contributed by atoms with Gasteiger partial charge in [0.1, 0.15) is 11.6 Å². The van der Waals surface area contributed by atoms with Gasteiger partial charge in [0.15, 0.2) is 0 Å². The first-order valence-corrected chi connectivity index (χ1v) is 10.6. The lowest BCUT2D eigenvalue weighted by molar-refractivity contribution is -0.140. The smallest absolute Gasteiger partial charge is 0.352 e. The zero-order chi connectivity index (χ0) is 23.5. The minimum Gasteiger partial charge on any atom is -0.352 e. The van der Waals surface area contributed by atoms with E-state index in [2.05, 4.69) is 10.2 Å². The second kappa shape index (κ2) is 9.98. The van der Waals surface area contributed by atoms with E-state index in [0.717, 1.165) is 37.3 Å². The third kappa shape index (κ3) is 5.85. The maximum Gasteiger partial charge on any atom is 0.419 e. The molecule has 0 spiro atoms. The lowest BCUT2D eigenvalue weighted by atomic mass is 9.76. The summed E-state index contributed by atoms with van der Waals surface area (Å²) in [5.41, 5.74) is -0.729. The summed E-state index contributed by atoms with van der Waals surface area (Å²) in [6, 6.07) is 8.97. The molecule has 3 rings (SSSR count). The molecular weight excluding hydrogens is 427 g/mol. The molecule has 1 amide bonds. The van der Waals surface area contributed by atoms with Crippen molar-refractivity contribution in [2.45, 2.75) is 37.9 Å². The SMILES string of the molecule is CN(C)C(c1cccc(F)c1)C1CCC(CNC(=O)c2ccc(F)c(C(F)(F)F)c2)CC1. The van der Waals surface area contributed by atoms with E-state index in [4.69, 9.17) is 0 Å². The maximum absolute atomic E-state index is 13.7. The van der Waals surface area contributed by atoms with Crippen LogP contribution in [-0.4, -0.2) is 31.4 Å². The Labute approximate surface area is 184 Å².